The smallest absolute Gasteiger partial charge is 0.222 e. The van der Waals surface area contributed by atoms with Crippen molar-refractivity contribution in [1.29, 1.82) is 0 Å². The van der Waals surface area contributed by atoms with Gasteiger partial charge >= 0.3 is 0 Å². The molecule has 1 fully saturated rings. The van der Waals surface area contributed by atoms with Crippen LogP contribution >= 0.6 is 0 Å². The average molecular weight is 228 g/mol. The minimum Gasteiger partial charge on any atom is -0.379 e. The van der Waals surface area contributed by atoms with Crippen LogP contribution in [0.5, 0.6) is 0 Å². The maximum absolute atomic E-state index is 11.8. The molecule has 0 aromatic heterocycles. The van der Waals surface area contributed by atoms with Crippen molar-refractivity contribution in [2.24, 2.45) is 11.7 Å². The van der Waals surface area contributed by atoms with Gasteiger partial charge in [0.25, 0.3) is 0 Å². The SMILES string of the molecule is CC(C)C(N)CC(=O)NC1(C)CCCOC1. The Kier molecular flexibility index (Phi) is 4.74. The Morgan fingerprint density at radius 3 is 2.75 bits per heavy atom. The van der Waals surface area contributed by atoms with Crippen molar-refractivity contribution in [2.45, 2.75) is 51.6 Å². The molecule has 4 heteroatoms. The van der Waals surface area contributed by atoms with E-state index >= 15 is 0 Å². The van der Waals surface area contributed by atoms with Gasteiger partial charge in [-0.15, -0.1) is 0 Å². The molecule has 0 spiro atoms. The molecule has 16 heavy (non-hydrogen) atoms. The second-order valence-electron chi connectivity index (χ2n) is 5.38. The molecule has 3 N–H and O–H groups in total. The van der Waals surface area contributed by atoms with Gasteiger partial charge in [0.15, 0.2) is 0 Å². The summed E-state index contributed by atoms with van der Waals surface area (Å²) in [5, 5.41) is 3.04. The van der Waals surface area contributed by atoms with Crippen LogP contribution in [0.1, 0.15) is 40.0 Å². The highest BCUT2D eigenvalue weighted by Crippen LogP contribution is 2.18. The van der Waals surface area contributed by atoms with Gasteiger partial charge in [0.2, 0.25) is 5.91 Å². The van der Waals surface area contributed by atoms with Crippen LogP contribution in [0.4, 0.5) is 0 Å². The van der Waals surface area contributed by atoms with Crippen molar-refractivity contribution < 1.29 is 9.53 Å². The summed E-state index contributed by atoms with van der Waals surface area (Å²) in [7, 11) is 0. The minimum absolute atomic E-state index is 0.0363. The lowest BCUT2D eigenvalue weighted by Crippen LogP contribution is -2.52. The fourth-order valence-corrected chi connectivity index (χ4v) is 1.87. The zero-order valence-electron chi connectivity index (χ0n) is 10.6. The average Bonchev–Trinajstić information content (AvgIpc) is 2.17. The third-order valence-electron chi connectivity index (χ3n) is 3.16. The number of carbonyl (C=O) groups is 1. The van der Waals surface area contributed by atoms with Crippen LogP contribution in [-0.2, 0) is 9.53 Å². The summed E-state index contributed by atoms with van der Waals surface area (Å²) >= 11 is 0. The van der Waals surface area contributed by atoms with Gasteiger partial charge in [-0.3, -0.25) is 4.79 Å². The van der Waals surface area contributed by atoms with E-state index in [9.17, 15) is 4.79 Å². The monoisotopic (exact) mass is 228 g/mol. The van der Waals surface area contributed by atoms with Crippen LogP contribution in [0.15, 0.2) is 0 Å². The summed E-state index contributed by atoms with van der Waals surface area (Å²) in [5.74, 6) is 0.371. The van der Waals surface area contributed by atoms with Gasteiger partial charge in [-0.05, 0) is 25.7 Å². The van der Waals surface area contributed by atoms with Gasteiger partial charge in [-0.1, -0.05) is 13.8 Å². The lowest BCUT2D eigenvalue weighted by atomic mass is 9.94. The molecule has 1 amide bonds. The number of amides is 1. The van der Waals surface area contributed by atoms with Crippen molar-refractivity contribution >= 4 is 5.91 Å². The summed E-state index contributed by atoms with van der Waals surface area (Å²) in [4.78, 5) is 11.8. The third kappa shape index (κ3) is 4.10. The maximum atomic E-state index is 11.8. The van der Waals surface area contributed by atoms with E-state index in [2.05, 4.69) is 5.32 Å². The van der Waals surface area contributed by atoms with E-state index in [1.165, 1.54) is 0 Å². The fraction of sp³-hybridized carbons (Fsp3) is 0.917. The lowest BCUT2D eigenvalue weighted by molar-refractivity contribution is -0.125. The molecular formula is C12H24N2O2. The largest absolute Gasteiger partial charge is 0.379 e. The fourth-order valence-electron chi connectivity index (χ4n) is 1.87. The van der Waals surface area contributed by atoms with E-state index < -0.39 is 0 Å². The molecule has 0 aromatic rings. The zero-order valence-corrected chi connectivity index (χ0v) is 10.6. The number of rotatable bonds is 4. The van der Waals surface area contributed by atoms with Crippen molar-refractivity contribution in [3.8, 4) is 0 Å². The van der Waals surface area contributed by atoms with E-state index in [4.69, 9.17) is 10.5 Å². The molecule has 2 atom stereocenters. The predicted octanol–water partition coefficient (Wildman–Crippen LogP) is 1.05. The predicted molar refractivity (Wildman–Crippen MR) is 64.0 cm³/mol. The summed E-state index contributed by atoms with van der Waals surface area (Å²) in [5.41, 5.74) is 5.67. The summed E-state index contributed by atoms with van der Waals surface area (Å²) in [6, 6.07) is -0.0619. The highest BCUT2D eigenvalue weighted by atomic mass is 16.5. The van der Waals surface area contributed by atoms with Crippen molar-refractivity contribution in [2.75, 3.05) is 13.2 Å². The van der Waals surface area contributed by atoms with Gasteiger partial charge in [-0.2, -0.15) is 0 Å². The number of nitrogens with two attached hydrogens (primary N) is 1. The number of carbonyl (C=O) groups excluding carboxylic acids is 1. The number of ether oxygens (including phenoxy) is 1. The van der Waals surface area contributed by atoms with Crippen molar-refractivity contribution in [3.05, 3.63) is 0 Å². The van der Waals surface area contributed by atoms with Crippen LogP contribution < -0.4 is 11.1 Å². The standard InChI is InChI=1S/C12H24N2O2/c1-9(2)10(13)7-11(15)14-12(3)5-4-6-16-8-12/h9-10H,4-8,13H2,1-3H3,(H,14,15). The molecule has 1 saturated heterocycles. The van der Waals surface area contributed by atoms with Crippen LogP contribution in [0, 0.1) is 5.92 Å². The topological polar surface area (TPSA) is 64.4 Å². The van der Waals surface area contributed by atoms with Crippen molar-refractivity contribution in [1.82, 2.24) is 5.32 Å². The van der Waals surface area contributed by atoms with Gasteiger partial charge in [0, 0.05) is 19.1 Å². The second kappa shape index (κ2) is 5.64. The number of nitrogens with one attached hydrogen (secondary N) is 1. The molecule has 0 saturated carbocycles. The molecular weight excluding hydrogens is 204 g/mol. The highest BCUT2D eigenvalue weighted by Gasteiger charge is 2.29. The first-order valence-electron chi connectivity index (χ1n) is 6.07. The summed E-state index contributed by atoms with van der Waals surface area (Å²) < 4.78 is 5.39. The normalized spacial score (nSPS) is 27.8. The van der Waals surface area contributed by atoms with Crippen LogP contribution in [0.25, 0.3) is 0 Å². The zero-order chi connectivity index (χ0) is 12.2. The number of hydrogen-bond acceptors (Lipinski definition) is 3. The molecule has 1 aliphatic rings. The maximum Gasteiger partial charge on any atom is 0.222 e. The van der Waals surface area contributed by atoms with Gasteiger partial charge in [0.1, 0.15) is 0 Å². The molecule has 0 aliphatic carbocycles. The van der Waals surface area contributed by atoms with Crippen molar-refractivity contribution in [3.63, 3.8) is 0 Å². The molecule has 94 valence electrons. The molecule has 1 heterocycles. The lowest BCUT2D eigenvalue weighted by Gasteiger charge is -2.34. The van der Waals surface area contributed by atoms with Gasteiger partial charge in [0.05, 0.1) is 12.1 Å². The Balaban J connectivity index is 2.38. The first-order valence-corrected chi connectivity index (χ1v) is 6.07. The van der Waals surface area contributed by atoms with Crippen LogP contribution in [-0.4, -0.2) is 30.7 Å². The molecule has 4 nitrogen and oxygen atoms in total. The highest BCUT2D eigenvalue weighted by molar-refractivity contribution is 5.77. The van der Waals surface area contributed by atoms with Crippen LogP contribution in [0.2, 0.25) is 0 Å². The number of hydrogen-bond donors (Lipinski definition) is 2. The van der Waals surface area contributed by atoms with E-state index in [0.29, 0.717) is 18.9 Å². The summed E-state index contributed by atoms with van der Waals surface area (Å²) in [6.07, 6.45) is 2.38. The van der Waals surface area contributed by atoms with E-state index in [1.54, 1.807) is 0 Å². The Morgan fingerprint density at radius 1 is 1.56 bits per heavy atom. The molecule has 1 aliphatic heterocycles. The molecule has 1 rings (SSSR count). The molecule has 2 unspecified atom stereocenters. The Morgan fingerprint density at radius 2 is 2.25 bits per heavy atom. The first kappa shape index (κ1) is 13.5. The van der Waals surface area contributed by atoms with E-state index in [0.717, 1.165) is 19.4 Å². The third-order valence-corrected chi connectivity index (χ3v) is 3.16. The van der Waals surface area contributed by atoms with Crippen LogP contribution in [0.3, 0.4) is 0 Å². The molecule has 0 aromatic carbocycles. The quantitative estimate of drug-likeness (QED) is 0.756. The van der Waals surface area contributed by atoms with E-state index in [-0.39, 0.29) is 17.5 Å². The Labute approximate surface area is 97.9 Å². The molecule has 0 radical (unpaired) electrons. The van der Waals surface area contributed by atoms with E-state index in [1.807, 2.05) is 20.8 Å². The van der Waals surface area contributed by atoms with Gasteiger partial charge < -0.3 is 15.8 Å². The Hall–Kier alpha value is -0.610. The minimum atomic E-state index is -0.202. The second-order valence-corrected chi connectivity index (χ2v) is 5.38. The molecule has 0 bridgehead atoms. The summed E-state index contributed by atoms with van der Waals surface area (Å²) in [6.45, 7) is 7.50. The van der Waals surface area contributed by atoms with Gasteiger partial charge in [-0.25, -0.2) is 0 Å². The Bertz CT molecular complexity index is 235. The first-order chi connectivity index (χ1) is 7.43.